The van der Waals surface area contributed by atoms with Gasteiger partial charge in [-0.25, -0.2) is 4.67 Å². The molecule has 0 aromatic heterocycles. The molecule has 156 valence electrons. The third-order valence-corrected chi connectivity index (χ3v) is 10.3. The van der Waals surface area contributed by atoms with Gasteiger partial charge < -0.3 is 5.11 Å². The Bertz CT molecular complexity index is 864. The van der Waals surface area contributed by atoms with Crippen molar-refractivity contribution in [3.8, 4) is 5.75 Å². The first-order valence-electron chi connectivity index (χ1n) is 10.7. The number of halogens is 1. The topological polar surface area (TPSA) is 43.8 Å². The number of aromatic hydroxyl groups is 1. The second-order valence-electron chi connectivity index (χ2n) is 8.15. The molecule has 1 N–H and O–H groups in total. The molecule has 29 heavy (non-hydrogen) atoms. The minimum atomic E-state index is -3.02. The smallest absolute Gasteiger partial charge is 0.199 e. The van der Waals surface area contributed by atoms with E-state index in [9.17, 15) is 5.11 Å². The maximum absolute atomic E-state index is 15.2. The largest absolute Gasteiger partial charge is 0.508 e. The van der Waals surface area contributed by atoms with E-state index in [4.69, 9.17) is 0 Å². The molecular formula is C23H30BrN2O2P. The standard InChI is InChI=1S/C23H30BrN2O2P/c24-19-12-13-22(27)21(18-19)23(25-14-6-2-7-15-25)29(28,20-10-4-1-5-11-20)26-16-8-3-9-17-26/h1,4-5,10-13,18,23,27H,2-3,6-9,14-17H2/t23-,29+/m0/s1. The number of hydrogen-bond donors (Lipinski definition) is 1. The molecule has 4 nitrogen and oxygen atoms in total. The second kappa shape index (κ2) is 9.34. The van der Waals surface area contributed by atoms with Crippen molar-refractivity contribution in [2.45, 2.75) is 44.3 Å². The molecule has 2 aromatic rings. The number of hydrogen-bond acceptors (Lipinski definition) is 3. The summed E-state index contributed by atoms with van der Waals surface area (Å²) in [6, 6.07) is 15.5. The Balaban J connectivity index is 1.90. The van der Waals surface area contributed by atoms with E-state index in [0.717, 1.165) is 67.2 Å². The lowest BCUT2D eigenvalue weighted by Gasteiger charge is -2.45. The fraction of sp³-hybridized carbons (Fsp3) is 0.478. The average molecular weight is 477 g/mol. The minimum absolute atomic E-state index is 0.233. The summed E-state index contributed by atoms with van der Waals surface area (Å²) in [5.41, 5.74) is 0.777. The van der Waals surface area contributed by atoms with Gasteiger partial charge in [-0.3, -0.25) is 9.46 Å². The summed E-state index contributed by atoms with van der Waals surface area (Å²) in [7, 11) is -3.02. The van der Waals surface area contributed by atoms with Crippen molar-refractivity contribution < 1.29 is 9.67 Å². The molecule has 0 aliphatic carbocycles. The quantitative estimate of drug-likeness (QED) is 0.559. The van der Waals surface area contributed by atoms with Crippen LogP contribution in [0.4, 0.5) is 0 Å². The van der Waals surface area contributed by atoms with Gasteiger partial charge in [-0.15, -0.1) is 0 Å². The van der Waals surface area contributed by atoms with Crippen molar-refractivity contribution in [2.75, 3.05) is 26.2 Å². The van der Waals surface area contributed by atoms with Crippen LogP contribution in [-0.2, 0) is 4.57 Å². The number of rotatable bonds is 5. The van der Waals surface area contributed by atoms with Gasteiger partial charge in [0.25, 0.3) is 0 Å². The van der Waals surface area contributed by atoms with Gasteiger partial charge >= 0.3 is 0 Å². The van der Waals surface area contributed by atoms with Crippen LogP contribution < -0.4 is 5.30 Å². The summed E-state index contributed by atoms with van der Waals surface area (Å²) in [5, 5.41) is 11.8. The maximum atomic E-state index is 15.2. The molecule has 0 spiro atoms. The Labute approximate surface area is 182 Å². The van der Waals surface area contributed by atoms with Gasteiger partial charge in [0.15, 0.2) is 7.29 Å². The number of phenols is 1. The highest BCUT2D eigenvalue weighted by Gasteiger charge is 2.46. The molecule has 2 atom stereocenters. The van der Waals surface area contributed by atoms with E-state index in [0.29, 0.717) is 0 Å². The molecule has 6 heteroatoms. The Morgan fingerprint density at radius 2 is 1.48 bits per heavy atom. The molecule has 2 saturated heterocycles. The Morgan fingerprint density at radius 1 is 0.862 bits per heavy atom. The van der Waals surface area contributed by atoms with E-state index in [2.05, 4.69) is 25.5 Å². The fourth-order valence-corrected chi connectivity index (χ4v) is 8.81. The van der Waals surface area contributed by atoms with Crippen molar-refractivity contribution in [1.82, 2.24) is 9.57 Å². The molecule has 2 aliphatic heterocycles. The Hall–Kier alpha value is -1.13. The van der Waals surface area contributed by atoms with E-state index < -0.39 is 7.29 Å². The van der Waals surface area contributed by atoms with Crippen LogP contribution in [0, 0.1) is 0 Å². The summed E-state index contributed by atoms with van der Waals surface area (Å²) < 4.78 is 18.3. The molecule has 0 saturated carbocycles. The third-order valence-electron chi connectivity index (χ3n) is 6.21. The molecule has 0 amide bonds. The van der Waals surface area contributed by atoms with Crippen LogP contribution in [0.2, 0.25) is 0 Å². The predicted molar refractivity (Wildman–Crippen MR) is 123 cm³/mol. The lowest BCUT2D eigenvalue weighted by atomic mass is 10.1. The van der Waals surface area contributed by atoms with E-state index in [1.165, 1.54) is 12.8 Å². The second-order valence-corrected chi connectivity index (χ2v) is 11.9. The Morgan fingerprint density at radius 3 is 2.14 bits per heavy atom. The molecule has 0 bridgehead atoms. The van der Waals surface area contributed by atoms with Crippen LogP contribution in [0.1, 0.15) is 49.9 Å². The molecule has 2 heterocycles. The molecule has 2 fully saturated rings. The lowest BCUT2D eigenvalue weighted by molar-refractivity contribution is 0.196. The monoisotopic (exact) mass is 476 g/mol. The fourth-order valence-electron chi connectivity index (χ4n) is 4.78. The van der Waals surface area contributed by atoms with Crippen molar-refractivity contribution in [3.63, 3.8) is 0 Å². The van der Waals surface area contributed by atoms with Gasteiger partial charge in [-0.2, -0.15) is 0 Å². The van der Waals surface area contributed by atoms with E-state index in [1.807, 2.05) is 42.5 Å². The van der Waals surface area contributed by atoms with Gasteiger partial charge in [0.2, 0.25) is 0 Å². The predicted octanol–water partition coefficient (Wildman–Crippen LogP) is 5.73. The van der Waals surface area contributed by atoms with Crippen LogP contribution in [0.15, 0.2) is 53.0 Å². The number of nitrogens with zero attached hydrogens (tertiary/aromatic N) is 2. The highest BCUT2D eigenvalue weighted by molar-refractivity contribution is 9.10. The van der Waals surface area contributed by atoms with Crippen molar-refractivity contribution >= 4 is 28.5 Å². The van der Waals surface area contributed by atoms with Crippen LogP contribution in [-0.4, -0.2) is 40.9 Å². The highest BCUT2D eigenvalue weighted by atomic mass is 79.9. The zero-order valence-electron chi connectivity index (χ0n) is 16.8. The van der Waals surface area contributed by atoms with Crippen molar-refractivity contribution in [2.24, 2.45) is 0 Å². The minimum Gasteiger partial charge on any atom is -0.508 e. The normalized spacial score (nSPS) is 22.1. The molecule has 0 unspecified atom stereocenters. The first-order chi connectivity index (χ1) is 14.1. The molecule has 2 aliphatic rings. The number of benzene rings is 2. The highest BCUT2D eigenvalue weighted by Crippen LogP contribution is 2.64. The van der Waals surface area contributed by atoms with E-state index >= 15 is 4.57 Å². The van der Waals surface area contributed by atoms with Crippen LogP contribution >= 0.6 is 23.2 Å². The number of piperidine rings is 2. The SMILES string of the molecule is O=[P@](c1ccccc1)([C@@H](c1cc(Br)ccc1O)N1CCCCC1)N1CCCCC1. The molecule has 0 radical (unpaired) electrons. The third kappa shape index (κ3) is 4.34. The number of phenolic OH excluding ortho intramolecular Hbond substituents is 1. The van der Waals surface area contributed by atoms with Crippen LogP contribution in [0.5, 0.6) is 5.75 Å². The summed E-state index contributed by atoms with van der Waals surface area (Å²) >= 11 is 3.57. The molecule has 4 rings (SSSR count). The zero-order valence-corrected chi connectivity index (χ0v) is 19.3. The summed E-state index contributed by atoms with van der Waals surface area (Å²) in [6.07, 6.45) is 6.79. The van der Waals surface area contributed by atoms with Gasteiger partial charge in [-0.05, 0) is 57.0 Å². The zero-order chi connectivity index (χ0) is 20.3. The molecule has 2 aromatic carbocycles. The van der Waals surface area contributed by atoms with Gasteiger partial charge in [0.1, 0.15) is 11.5 Å². The Kier molecular flexibility index (Phi) is 6.80. The lowest BCUT2D eigenvalue weighted by Crippen LogP contribution is -2.41. The van der Waals surface area contributed by atoms with Gasteiger partial charge in [-0.1, -0.05) is 59.1 Å². The summed E-state index contributed by atoms with van der Waals surface area (Å²) in [4.78, 5) is 2.37. The van der Waals surface area contributed by atoms with Crippen LogP contribution in [0.3, 0.4) is 0 Å². The van der Waals surface area contributed by atoms with E-state index in [1.54, 1.807) is 6.07 Å². The molecular weight excluding hydrogens is 447 g/mol. The average Bonchev–Trinajstić information content (AvgIpc) is 2.78. The maximum Gasteiger partial charge on any atom is 0.199 e. The van der Waals surface area contributed by atoms with Gasteiger partial charge in [0.05, 0.1) is 0 Å². The van der Waals surface area contributed by atoms with Gasteiger partial charge in [0, 0.05) is 28.4 Å². The van der Waals surface area contributed by atoms with Crippen LogP contribution in [0.25, 0.3) is 0 Å². The van der Waals surface area contributed by atoms with Crippen molar-refractivity contribution in [1.29, 1.82) is 0 Å². The summed E-state index contributed by atoms with van der Waals surface area (Å²) in [6.45, 7) is 3.54. The summed E-state index contributed by atoms with van der Waals surface area (Å²) in [5.74, 6) is -0.0993. The van der Waals surface area contributed by atoms with Crippen molar-refractivity contribution in [3.05, 3.63) is 58.6 Å². The first kappa shape index (κ1) is 21.1. The van der Waals surface area contributed by atoms with E-state index in [-0.39, 0.29) is 11.5 Å². The number of likely N-dealkylation sites (tertiary alicyclic amines) is 1. The first-order valence-corrected chi connectivity index (χ1v) is 13.3.